The van der Waals surface area contributed by atoms with Crippen LogP contribution in [0.15, 0.2) is 51.6 Å². The maximum Gasteiger partial charge on any atom is 0.253 e. The Morgan fingerprint density at radius 2 is 2.13 bits per heavy atom. The first-order chi connectivity index (χ1) is 11.2. The van der Waals surface area contributed by atoms with Gasteiger partial charge in [0.15, 0.2) is 5.76 Å². The molecule has 0 spiro atoms. The standard InChI is InChI=1S/C16H12ClN3O3/c17-12-4-1-3-10(7-12)16(21)20-8-11(9-20)15-18-14(19-23-15)13-5-2-6-22-13/h1-7,11H,8-9H2. The average Bonchev–Trinajstić information content (AvgIpc) is 3.16. The van der Waals surface area contributed by atoms with E-state index in [0.717, 1.165) is 0 Å². The van der Waals surface area contributed by atoms with E-state index in [2.05, 4.69) is 10.1 Å². The zero-order valence-corrected chi connectivity index (χ0v) is 12.7. The van der Waals surface area contributed by atoms with E-state index >= 15 is 0 Å². The monoisotopic (exact) mass is 329 g/mol. The summed E-state index contributed by atoms with van der Waals surface area (Å²) < 4.78 is 10.5. The molecular formula is C16H12ClN3O3. The Hall–Kier alpha value is -2.60. The van der Waals surface area contributed by atoms with E-state index in [0.29, 0.717) is 41.2 Å². The maximum atomic E-state index is 12.3. The molecule has 0 bridgehead atoms. The van der Waals surface area contributed by atoms with E-state index < -0.39 is 0 Å². The molecule has 1 aliphatic heterocycles. The number of carbonyl (C=O) groups is 1. The van der Waals surface area contributed by atoms with Crippen molar-refractivity contribution in [2.75, 3.05) is 13.1 Å². The quantitative estimate of drug-likeness (QED) is 0.737. The Morgan fingerprint density at radius 1 is 1.26 bits per heavy atom. The third kappa shape index (κ3) is 2.61. The molecule has 2 aromatic heterocycles. The molecule has 3 heterocycles. The largest absolute Gasteiger partial charge is 0.461 e. The molecular weight excluding hydrogens is 318 g/mol. The minimum atomic E-state index is -0.0467. The third-order valence-electron chi connectivity index (χ3n) is 3.77. The van der Waals surface area contributed by atoms with Crippen LogP contribution < -0.4 is 0 Å². The predicted octanol–water partition coefficient (Wildman–Crippen LogP) is 3.22. The highest BCUT2D eigenvalue weighted by atomic mass is 35.5. The van der Waals surface area contributed by atoms with Gasteiger partial charge in [-0.2, -0.15) is 4.98 Å². The van der Waals surface area contributed by atoms with Gasteiger partial charge in [-0.25, -0.2) is 0 Å². The number of amides is 1. The second kappa shape index (κ2) is 5.55. The summed E-state index contributed by atoms with van der Waals surface area (Å²) in [5, 5.41) is 4.45. The fourth-order valence-electron chi connectivity index (χ4n) is 2.51. The van der Waals surface area contributed by atoms with E-state index in [-0.39, 0.29) is 11.8 Å². The van der Waals surface area contributed by atoms with Crippen LogP contribution in [0.3, 0.4) is 0 Å². The van der Waals surface area contributed by atoms with Crippen molar-refractivity contribution in [3.05, 3.63) is 59.1 Å². The molecule has 0 atom stereocenters. The van der Waals surface area contributed by atoms with Crippen molar-refractivity contribution in [1.82, 2.24) is 15.0 Å². The normalized spacial score (nSPS) is 14.7. The highest BCUT2D eigenvalue weighted by Gasteiger charge is 2.36. The number of benzene rings is 1. The SMILES string of the molecule is O=C(c1cccc(Cl)c1)N1CC(c2nc(-c3ccco3)no2)C1. The van der Waals surface area contributed by atoms with Crippen LogP contribution in [0.25, 0.3) is 11.6 Å². The van der Waals surface area contributed by atoms with Crippen molar-refractivity contribution >= 4 is 17.5 Å². The predicted molar refractivity (Wildman–Crippen MR) is 82.1 cm³/mol. The van der Waals surface area contributed by atoms with Gasteiger partial charge < -0.3 is 13.8 Å². The van der Waals surface area contributed by atoms with Gasteiger partial charge in [0, 0.05) is 23.7 Å². The van der Waals surface area contributed by atoms with Gasteiger partial charge >= 0.3 is 0 Å². The van der Waals surface area contributed by atoms with Crippen molar-refractivity contribution < 1.29 is 13.7 Å². The minimum Gasteiger partial charge on any atom is -0.461 e. The lowest BCUT2D eigenvalue weighted by Crippen LogP contribution is -2.48. The molecule has 1 amide bonds. The second-order valence-electron chi connectivity index (χ2n) is 5.35. The van der Waals surface area contributed by atoms with Gasteiger partial charge in [-0.15, -0.1) is 0 Å². The van der Waals surface area contributed by atoms with E-state index in [1.807, 2.05) is 0 Å². The number of aromatic nitrogens is 2. The lowest BCUT2D eigenvalue weighted by atomic mass is 9.99. The van der Waals surface area contributed by atoms with Crippen molar-refractivity contribution in [3.8, 4) is 11.6 Å². The molecule has 0 N–H and O–H groups in total. The van der Waals surface area contributed by atoms with Gasteiger partial charge in [-0.05, 0) is 30.3 Å². The van der Waals surface area contributed by atoms with Crippen molar-refractivity contribution in [2.45, 2.75) is 5.92 Å². The Bertz CT molecular complexity index is 838. The van der Waals surface area contributed by atoms with Crippen molar-refractivity contribution in [1.29, 1.82) is 0 Å². The number of hydrogen-bond donors (Lipinski definition) is 0. The number of halogens is 1. The summed E-state index contributed by atoms with van der Waals surface area (Å²) in [6, 6.07) is 10.5. The summed E-state index contributed by atoms with van der Waals surface area (Å²) in [6.45, 7) is 1.09. The molecule has 1 aliphatic rings. The Morgan fingerprint density at radius 3 is 2.87 bits per heavy atom. The van der Waals surface area contributed by atoms with Gasteiger partial charge in [0.25, 0.3) is 5.91 Å². The first-order valence-corrected chi connectivity index (χ1v) is 7.51. The van der Waals surface area contributed by atoms with Crippen LogP contribution in [0, 0.1) is 0 Å². The van der Waals surface area contributed by atoms with Crippen molar-refractivity contribution in [3.63, 3.8) is 0 Å². The topological polar surface area (TPSA) is 72.4 Å². The van der Waals surface area contributed by atoms with Gasteiger partial charge in [0.05, 0.1) is 12.2 Å². The molecule has 0 aliphatic carbocycles. The molecule has 23 heavy (non-hydrogen) atoms. The summed E-state index contributed by atoms with van der Waals surface area (Å²) in [7, 11) is 0. The lowest BCUT2D eigenvalue weighted by molar-refractivity contribution is 0.0569. The number of furan rings is 1. The van der Waals surface area contributed by atoms with Crippen LogP contribution in [-0.2, 0) is 0 Å². The van der Waals surface area contributed by atoms with Crippen LogP contribution in [-0.4, -0.2) is 34.0 Å². The molecule has 1 saturated heterocycles. The molecule has 0 saturated carbocycles. The molecule has 6 nitrogen and oxygen atoms in total. The number of nitrogens with zero attached hydrogens (tertiary/aromatic N) is 3. The van der Waals surface area contributed by atoms with Crippen LogP contribution in [0.1, 0.15) is 22.2 Å². The zero-order chi connectivity index (χ0) is 15.8. The van der Waals surface area contributed by atoms with Crippen LogP contribution in [0.4, 0.5) is 0 Å². The van der Waals surface area contributed by atoms with E-state index in [4.69, 9.17) is 20.5 Å². The summed E-state index contributed by atoms with van der Waals surface area (Å²) in [5.41, 5.74) is 0.581. The molecule has 1 aromatic carbocycles. The van der Waals surface area contributed by atoms with Gasteiger partial charge in [-0.3, -0.25) is 4.79 Å². The average molecular weight is 330 g/mol. The number of carbonyl (C=O) groups excluding carboxylic acids is 1. The highest BCUT2D eigenvalue weighted by Crippen LogP contribution is 2.29. The maximum absolute atomic E-state index is 12.3. The van der Waals surface area contributed by atoms with Crippen LogP contribution in [0.5, 0.6) is 0 Å². The first-order valence-electron chi connectivity index (χ1n) is 7.13. The molecule has 3 aromatic rings. The lowest BCUT2D eigenvalue weighted by Gasteiger charge is -2.37. The van der Waals surface area contributed by atoms with Gasteiger partial charge in [0.2, 0.25) is 11.7 Å². The Balaban J connectivity index is 1.43. The number of likely N-dealkylation sites (tertiary alicyclic amines) is 1. The second-order valence-corrected chi connectivity index (χ2v) is 5.79. The number of rotatable bonds is 3. The highest BCUT2D eigenvalue weighted by molar-refractivity contribution is 6.30. The molecule has 0 radical (unpaired) electrons. The Kier molecular flexibility index (Phi) is 3.38. The van der Waals surface area contributed by atoms with E-state index in [1.54, 1.807) is 47.6 Å². The molecule has 1 fully saturated rings. The van der Waals surface area contributed by atoms with E-state index in [1.165, 1.54) is 0 Å². The zero-order valence-electron chi connectivity index (χ0n) is 12.0. The van der Waals surface area contributed by atoms with Gasteiger partial charge in [-0.1, -0.05) is 22.8 Å². The van der Waals surface area contributed by atoms with Crippen LogP contribution in [0.2, 0.25) is 5.02 Å². The molecule has 116 valence electrons. The van der Waals surface area contributed by atoms with Crippen molar-refractivity contribution in [2.24, 2.45) is 0 Å². The minimum absolute atomic E-state index is 0.0467. The summed E-state index contributed by atoms with van der Waals surface area (Å²) in [4.78, 5) is 18.4. The fourth-order valence-corrected chi connectivity index (χ4v) is 2.70. The smallest absolute Gasteiger partial charge is 0.253 e. The molecule has 4 rings (SSSR count). The summed E-state index contributed by atoms with van der Waals surface area (Å²) in [5.74, 6) is 1.51. The summed E-state index contributed by atoms with van der Waals surface area (Å²) >= 11 is 5.92. The van der Waals surface area contributed by atoms with E-state index in [9.17, 15) is 4.79 Å². The molecule has 7 heteroatoms. The fraction of sp³-hybridized carbons (Fsp3) is 0.188. The summed E-state index contributed by atoms with van der Waals surface area (Å²) in [6.07, 6.45) is 1.56. The van der Waals surface area contributed by atoms with Gasteiger partial charge in [0.1, 0.15) is 0 Å². The third-order valence-corrected chi connectivity index (χ3v) is 4.01. The Labute approximate surface area is 136 Å². The molecule has 0 unspecified atom stereocenters. The van der Waals surface area contributed by atoms with Crippen LogP contribution >= 0.6 is 11.6 Å². The first kappa shape index (κ1) is 14.0. The number of hydrogen-bond acceptors (Lipinski definition) is 5.